The number of carbonyl (C=O) groups is 1. The number of hydrazone groups is 1. The summed E-state index contributed by atoms with van der Waals surface area (Å²) in [7, 11) is 1.66. The average molecular weight is 484 g/mol. The van der Waals surface area contributed by atoms with Gasteiger partial charge in [-0.15, -0.1) is 0 Å². The molecule has 0 saturated carbocycles. The van der Waals surface area contributed by atoms with Crippen molar-refractivity contribution < 1.29 is 9.53 Å². The molecule has 3 heterocycles. The number of hydrogen-bond donors (Lipinski definition) is 1. The minimum atomic E-state index is -0.428. The molecule has 0 spiro atoms. The molecule has 7 nitrogen and oxygen atoms in total. The van der Waals surface area contributed by atoms with Gasteiger partial charge < -0.3 is 9.30 Å². The van der Waals surface area contributed by atoms with E-state index >= 15 is 0 Å². The lowest BCUT2D eigenvalue weighted by Gasteiger charge is -2.20. The summed E-state index contributed by atoms with van der Waals surface area (Å²) >= 11 is 1.34. The lowest BCUT2D eigenvalue weighted by Crippen LogP contribution is -2.35. The van der Waals surface area contributed by atoms with Gasteiger partial charge in [0, 0.05) is 17.8 Å². The number of methoxy groups -OCH3 is 1. The number of carbonyl (C=O) groups excluding carboxylic acids is 1. The average Bonchev–Trinajstić information content (AvgIpc) is 3.36. The molecule has 0 radical (unpaired) electrons. The van der Waals surface area contributed by atoms with Crippen molar-refractivity contribution >= 4 is 39.8 Å². The third kappa shape index (κ3) is 4.21. The molecule has 0 atom stereocenters. The fourth-order valence-corrected chi connectivity index (χ4v) is 5.23. The van der Waals surface area contributed by atoms with Crippen LogP contribution in [-0.2, 0) is 11.2 Å². The molecule has 1 aromatic heterocycles. The minimum absolute atomic E-state index is 0.0356. The summed E-state index contributed by atoms with van der Waals surface area (Å²) in [6.07, 6.45) is 2.36. The number of nitrogens with zero attached hydrogens (tertiary/aromatic N) is 4. The van der Waals surface area contributed by atoms with Crippen molar-refractivity contribution in [2.24, 2.45) is 10.1 Å². The maximum Gasteiger partial charge on any atom is 0.283 e. The summed E-state index contributed by atoms with van der Waals surface area (Å²) in [5, 5.41) is 16.0. The highest BCUT2D eigenvalue weighted by atomic mass is 32.2. The number of amides is 1. The molecule has 0 unspecified atom stereocenters. The number of aryl methyl sites for hydroxylation is 2. The molecule has 5 rings (SSSR count). The monoisotopic (exact) mass is 483 g/mol. The van der Waals surface area contributed by atoms with Crippen LogP contribution in [0.5, 0.6) is 5.75 Å². The van der Waals surface area contributed by atoms with Crippen molar-refractivity contribution in [3.8, 4) is 11.4 Å². The lowest BCUT2D eigenvalue weighted by atomic mass is 10.1. The number of thioether (sulfide) groups is 1. The first kappa shape index (κ1) is 22.9. The van der Waals surface area contributed by atoms with Gasteiger partial charge in [0.1, 0.15) is 10.8 Å². The number of aliphatic imine (C=N–C) groups is 1. The van der Waals surface area contributed by atoms with Crippen LogP contribution < -0.4 is 4.74 Å². The second-order valence-corrected chi connectivity index (χ2v) is 9.55. The Bertz CT molecular complexity index is 1450. The summed E-state index contributed by atoms with van der Waals surface area (Å²) in [5.74, 6) is 0.373. The van der Waals surface area contributed by atoms with Crippen molar-refractivity contribution in [2.75, 3.05) is 7.11 Å². The maximum atomic E-state index is 12.9. The van der Waals surface area contributed by atoms with Gasteiger partial charge in [-0.3, -0.25) is 10.2 Å². The van der Waals surface area contributed by atoms with E-state index in [1.807, 2.05) is 69.3 Å². The normalized spacial score (nSPS) is 16.5. The third-order valence-electron chi connectivity index (χ3n) is 6.04. The molecular formula is C27H25N5O2S. The predicted octanol–water partition coefficient (Wildman–Crippen LogP) is 5.27. The van der Waals surface area contributed by atoms with Crippen LogP contribution in [0, 0.1) is 26.2 Å². The van der Waals surface area contributed by atoms with Gasteiger partial charge in [0.05, 0.1) is 18.4 Å². The van der Waals surface area contributed by atoms with Crippen molar-refractivity contribution in [1.82, 2.24) is 9.58 Å². The Morgan fingerprint density at radius 2 is 1.86 bits per heavy atom. The van der Waals surface area contributed by atoms with Gasteiger partial charge >= 0.3 is 0 Å². The zero-order valence-corrected chi connectivity index (χ0v) is 20.8. The largest absolute Gasteiger partial charge is 0.495 e. The Morgan fingerprint density at radius 1 is 1.09 bits per heavy atom. The molecule has 0 bridgehead atoms. The Labute approximate surface area is 208 Å². The fraction of sp³-hybridized carbons (Fsp3) is 0.185. The van der Waals surface area contributed by atoms with Crippen LogP contribution in [0.15, 0.2) is 70.3 Å². The highest BCUT2D eigenvalue weighted by molar-refractivity contribution is 8.26. The van der Waals surface area contributed by atoms with Crippen LogP contribution in [0.1, 0.15) is 28.1 Å². The smallest absolute Gasteiger partial charge is 0.283 e. The molecule has 0 saturated heterocycles. The van der Waals surface area contributed by atoms with Crippen molar-refractivity contribution in [2.45, 2.75) is 27.2 Å². The number of rotatable bonds is 5. The van der Waals surface area contributed by atoms with Gasteiger partial charge in [-0.2, -0.15) is 15.1 Å². The topological polar surface area (TPSA) is 83.0 Å². The predicted molar refractivity (Wildman–Crippen MR) is 142 cm³/mol. The number of ether oxygens (including phenoxy) is 1. The molecule has 8 heteroatoms. The summed E-state index contributed by atoms with van der Waals surface area (Å²) in [4.78, 5) is 17.2. The standard InChI is InChI=1S/C27H25N5O2S/c1-16-10-11-23(34-4)22(12-16)31-17(2)13-20(18(31)3)15-21-25(28)32-27(29-26(21)33)35-24(30-32)14-19-8-6-5-7-9-19/h5-13,15,28H,14H2,1-4H3/b21-15+,28-25?. The van der Waals surface area contributed by atoms with E-state index in [4.69, 9.17) is 10.1 Å². The van der Waals surface area contributed by atoms with Crippen LogP contribution in [0.25, 0.3) is 11.8 Å². The van der Waals surface area contributed by atoms with E-state index in [1.165, 1.54) is 16.8 Å². The van der Waals surface area contributed by atoms with Gasteiger partial charge in [-0.05, 0) is 73.5 Å². The minimum Gasteiger partial charge on any atom is -0.495 e. The molecule has 1 amide bonds. The second-order valence-electron chi connectivity index (χ2n) is 8.51. The number of amidine groups is 2. The van der Waals surface area contributed by atoms with E-state index in [0.717, 1.165) is 44.6 Å². The van der Waals surface area contributed by atoms with E-state index < -0.39 is 5.91 Å². The van der Waals surface area contributed by atoms with Crippen LogP contribution >= 0.6 is 11.8 Å². The molecule has 1 N–H and O–H groups in total. The summed E-state index contributed by atoms with van der Waals surface area (Å²) < 4.78 is 7.69. The van der Waals surface area contributed by atoms with Crippen molar-refractivity contribution in [3.63, 3.8) is 0 Å². The highest BCUT2D eigenvalue weighted by Gasteiger charge is 2.35. The molecule has 176 valence electrons. The number of benzene rings is 2. The molecular weight excluding hydrogens is 458 g/mol. The Kier molecular flexibility index (Phi) is 5.90. The Morgan fingerprint density at radius 3 is 2.60 bits per heavy atom. The van der Waals surface area contributed by atoms with E-state index in [1.54, 1.807) is 13.2 Å². The number of aromatic nitrogens is 1. The molecule has 2 aliphatic rings. The van der Waals surface area contributed by atoms with Crippen LogP contribution in [0.2, 0.25) is 0 Å². The SMILES string of the molecule is COc1ccc(C)cc1-n1c(C)cc(/C=C2\C(=N)N3N=C(Cc4ccccc4)SC3=NC2=O)c1C. The summed E-state index contributed by atoms with van der Waals surface area (Å²) in [5.41, 5.74) is 6.18. The van der Waals surface area contributed by atoms with E-state index in [-0.39, 0.29) is 11.4 Å². The number of nitrogens with one attached hydrogen (secondary N) is 1. The van der Waals surface area contributed by atoms with Crippen LogP contribution in [0.3, 0.4) is 0 Å². The molecule has 3 aromatic rings. The number of fused-ring (bicyclic) bond motifs is 1. The van der Waals surface area contributed by atoms with Crippen molar-refractivity contribution in [3.05, 3.63) is 88.2 Å². The first-order chi connectivity index (χ1) is 16.9. The molecule has 35 heavy (non-hydrogen) atoms. The zero-order valence-electron chi connectivity index (χ0n) is 20.0. The van der Waals surface area contributed by atoms with Crippen molar-refractivity contribution in [1.29, 1.82) is 5.41 Å². The maximum absolute atomic E-state index is 12.9. The van der Waals surface area contributed by atoms with Crippen LogP contribution in [0.4, 0.5) is 0 Å². The van der Waals surface area contributed by atoms with Crippen LogP contribution in [-0.4, -0.2) is 38.6 Å². The first-order valence-electron chi connectivity index (χ1n) is 11.2. The Hall–Kier alpha value is -3.91. The summed E-state index contributed by atoms with van der Waals surface area (Å²) in [6, 6.07) is 18.0. The van der Waals surface area contributed by atoms with Gasteiger partial charge in [0.15, 0.2) is 5.84 Å². The van der Waals surface area contributed by atoms with E-state index in [9.17, 15) is 4.79 Å². The molecule has 0 fully saturated rings. The van der Waals surface area contributed by atoms with Gasteiger partial charge in [-0.25, -0.2) is 0 Å². The Balaban J connectivity index is 1.49. The molecule has 0 aliphatic carbocycles. The lowest BCUT2D eigenvalue weighted by molar-refractivity contribution is -0.114. The fourth-order valence-electron chi connectivity index (χ4n) is 4.31. The quantitative estimate of drug-likeness (QED) is 0.501. The summed E-state index contributed by atoms with van der Waals surface area (Å²) in [6.45, 7) is 6.05. The van der Waals surface area contributed by atoms with Gasteiger partial charge in [0.2, 0.25) is 5.17 Å². The molecule has 2 aliphatic heterocycles. The zero-order chi connectivity index (χ0) is 24.7. The van der Waals surface area contributed by atoms with E-state index in [2.05, 4.69) is 20.7 Å². The van der Waals surface area contributed by atoms with Gasteiger partial charge in [-0.1, -0.05) is 36.4 Å². The second kappa shape index (κ2) is 9.03. The first-order valence-corrected chi connectivity index (χ1v) is 12.0. The number of hydrogen-bond acceptors (Lipinski definition) is 5. The van der Waals surface area contributed by atoms with Gasteiger partial charge in [0.25, 0.3) is 5.91 Å². The molecule has 2 aromatic carbocycles. The third-order valence-corrected chi connectivity index (χ3v) is 6.95. The highest BCUT2D eigenvalue weighted by Crippen LogP contribution is 2.32. The van der Waals surface area contributed by atoms with E-state index in [0.29, 0.717) is 11.6 Å².